The molecule has 0 radical (unpaired) electrons. The highest BCUT2D eigenvalue weighted by molar-refractivity contribution is 7.27. The van der Waals surface area contributed by atoms with Gasteiger partial charge in [-0.05, 0) is 36.1 Å². The van der Waals surface area contributed by atoms with Crippen LogP contribution in [0.25, 0.3) is 9.40 Å². The SMILES string of the molecule is Cc1ccc(CC(Cl)c2cc3sccc3s2)nc1. The van der Waals surface area contributed by atoms with Gasteiger partial charge < -0.3 is 0 Å². The minimum atomic E-state index is 0.0183. The molecule has 1 unspecified atom stereocenters. The van der Waals surface area contributed by atoms with Gasteiger partial charge in [-0.2, -0.15) is 0 Å². The van der Waals surface area contributed by atoms with Gasteiger partial charge in [-0.3, -0.25) is 4.98 Å². The average molecular weight is 294 g/mol. The number of alkyl halides is 1. The van der Waals surface area contributed by atoms with Crippen molar-refractivity contribution >= 4 is 43.7 Å². The van der Waals surface area contributed by atoms with E-state index in [1.807, 2.05) is 13.1 Å². The van der Waals surface area contributed by atoms with Crippen molar-refractivity contribution in [2.24, 2.45) is 0 Å². The molecule has 1 atom stereocenters. The van der Waals surface area contributed by atoms with E-state index < -0.39 is 0 Å². The van der Waals surface area contributed by atoms with Gasteiger partial charge in [0.25, 0.3) is 0 Å². The molecule has 0 saturated heterocycles. The molecule has 0 spiro atoms. The summed E-state index contributed by atoms with van der Waals surface area (Å²) in [5, 5.41) is 2.14. The van der Waals surface area contributed by atoms with E-state index in [0.717, 1.165) is 12.1 Å². The molecule has 0 aliphatic heterocycles. The summed E-state index contributed by atoms with van der Waals surface area (Å²) in [6.45, 7) is 2.04. The highest BCUT2D eigenvalue weighted by Gasteiger charge is 2.13. The van der Waals surface area contributed by atoms with Crippen molar-refractivity contribution < 1.29 is 0 Å². The second kappa shape index (κ2) is 5.00. The lowest BCUT2D eigenvalue weighted by molar-refractivity contribution is 0.894. The fourth-order valence-electron chi connectivity index (χ4n) is 1.84. The van der Waals surface area contributed by atoms with Crippen LogP contribution in [-0.4, -0.2) is 4.98 Å². The van der Waals surface area contributed by atoms with Crippen LogP contribution < -0.4 is 0 Å². The molecule has 0 aliphatic rings. The smallest absolute Gasteiger partial charge is 0.0734 e. The Morgan fingerprint density at radius 2 is 2.17 bits per heavy atom. The number of rotatable bonds is 3. The van der Waals surface area contributed by atoms with Gasteiger partial charge in [0.05, 0.1) is 5.38 Å². The standard InChI is InChI=1S/C14H12ClNS2/c1-9-2-3-10(16-8-9)6-11(15)13-7-14-12(18-13)4-5-17-14/h2-5,7-8,11H,6H2,1H3. The van der Waals surface area contributed by atoms with Crippen LogP contribution in [0.3, 0.4) is 0 Å². The van der Waals surface area contributed by atoms with Crippen molar-refractivity contribution in [2.45, 2.75) is 18.7 Å². The molecule has 1 nitrogen and oxygen atoms in total. The molecule has 3 aromatic rings. The third-order valence-electron chi connectivity index (χ3n) is 2.83. The molecule has 3 heterocycles. The molecule has 0 N–H and O–H groups in total. The molecule has 3 aromatic heterocycles. The molecule has 0 bridgehead atoms. The van der Waals surface area contributed by atoms with E-state index in [2.05, 4.69) is 34.6 Å². The fourth-order valence-corrected chi connectivity index (χ4v) is 4.29. The van der Waals surface area contributed by atoms with Crippen LogP contribution in [0.4, 0.5) is 0 Å². The van der Waals surface area contributed by atoms with E-state index >= 15 is 0 Å². The lowest BCUT2D eigenvalue weighted by Crippen LogP contribution is -1.96. The first-order valence-electron chi connectivity index (χ1n) is 5.75. The first kappa shape index (κ1) is 12.2. The first-order valence-corrected chi connectivity index (χ1v) is 7.88. The Hall–Kier alpha value is -0.900. The van der Waals surface area contributed by atoms with Gasteiger partial charge in [-0.25, -0.2) is 0 Å². The highest BCUT2D eigenvalue weighted by Crippen LogP contribution is 2.36. The fraction of sp³-hybridized carbons (Fsp3) is 0.214. The van der Waals surface area contributed by atoms with Crippen LogP contribution in [-0.2, 0) is 6.42 Å². The van der Waals surface area contributed by atoms with Gasteiger partial charge in [0.2, 0.25) is 0 Å². The van der Waals surface area contributed by atoms with Crippen LogP contribution >= 0.6 is 34.3 Å². The maximum Gasteiger partial charge on any atom is 0.0734 e. The predicted molar refractivity (Wildman–Crippen MR) is 81.0 cm³/mol. The second-order valence-corrected chi connectivity index (χ2v) is 6.89. The number of thiophene rings is 2. The van der Waals surface area contributed by atoms with Crippen LogP contribution in [0.2, 0.25) is 0 Å². The number of nitrogens with zero attached hydrogens (tertiary/aromatic N) is 1. The zero-order chi connectivity index (χ0) is 12.5. The number of fused-ring (bicyclic) bond motifs is 1. The number of hydrogen-bond acceptors (Lipinski definition) is 3. The summed E-state index contributed by atoms with van der Waals surface area (Å²) in [5.41, 5.74) is 2.24. The predicted octanol–water partition coefficient (Wildman–Crippen LogP) is 5.19. The number of halogens is 1. The number of pyridine rings is 1. The summed E-state index contributed by atoms with van der Waals surface area (Å²) >= 11 is 10.0. The van der Waals surface area contributed by atoms with Gasteiger partial charge >= 0.3 is 0 Å². The number of hydrogen-bond donors (Lipinski definition) is 0. The van der Waals surface area contributed by atoms with E-state index in [1.165, 1.54) is 19.8 Å². The van der Waals surface area contributed by atoms with Crippen LogP contribution in [0.5, 0.6) is 0 Å². The Morgan fingerprint density at radius 3 is 2.89 bits per heavy atom. The Balaban J connectivity index is 1.80. The molecule has 0 aromatic carbocycles. The summed E-state index contributed by atoms with van der Waals surface area (Å²) in [5.74, 6) is 0. The van der Waals surface area contributed by atoms with E-state index in [9.17, 15) is 0 Å². The summed E-state index contributed by atoms with van der Waals surface area (Å²) in [4.78, 5) is 5.65. The van der Waals surface area contributed by atoms with Crippen molar-refractivity contribution in [1.29, 1.82) is 0 Å². The highest BCUT2D eigenvalue weighted by atomic mass is 35.5. The van der Waals surface area contributed by atoms with Crippen molar-refractivity contribution in [3.8, 4) is 0 Å². The maximum absolute atomic E-state index is 6.48. The summed E-state index contributed by atoms with van der Waals surface area (Å²) in [6, 6.07) is 8.50. The van der Waals surface area contributed by atoms with Gasteiger partial charge in [0.1, 0.15) is 0 Å². The van der Waals surface area contributed by atoms with Crippen molar-refractivity contribution in [2.75, 3.05) is 0 Å². The molecule has 0 aliphatic carbocycles. The van der Waals surface area contributed by atoms with Gasteiger partial charge in [0, 0.05) is 32.6 Å². The van der Waals surface area contributed by atoms with Gasteiger partial charge in [-0.15, -0.1) is 34.3 Å². The van der Waals surface area contributed by atoms with Gasteiger partial charge in [0.15, 0.2) is 0 Å². The normalized spacial score (nSPS) is 13.0. The third-order valence-corrected chi connectivity index (χ3v) is 5.55. The van der Waals surface area contributed by atoms with Crippen LogP contribution in [0, 0.1) is 6.92 Å². The molecule has 92 valence electrons. The summed E-state index contributed by atoms with van der Waals surface area (Å²) in [7, 11) is 0. The second-order valence-electron chi connectivity index (χ2n) is 4.30. The zero-order valence-corrected chi connectivity index (χ0v) is 12.3. The molecule has 0 amide bonds. The molecule has 4 heteroatoms. The molecule has 3 rings (SSSR count). The lowest BCUT2D eigenvalue weighted by atomic mass is 10.2. The molecule has 0 fully saturated rings. The zero-order valence-electron chi connectivity index (χ0n) is 9.89. The van der Waals surface area contributed by atoms with Gasteiger partial charge in [-0.1, -0.05) is 6.07 Å². The van der Waals surface area contributed by atoms with E-state index in [4.69, 9.17) is 11.6 Å². The minimum Gasteiger partial charge on any atom is -0.261 e. The Labute approximate surface area is 119 Å². The van der Waals surface area contributed by atoms with E-state index in [1.54, 1.807) is 22.7 Å². The summed E-state index contributed by atoms with van der Waals surface area (Å²) in [6.07, 6.45) is 2.68. The largest absolute Gasteiger partial charge is 0.261 e. The summed E-state index contributed by atoms with van der Waals surface area (Å²) < 4.78 is 2.66. The molecule has 18 heavy (non-hydrogen) atoms. The number of aryl methyl sites for hydroxylation is 1. The third kappa shape index (κ3) is 2.44. The number of aromatic nitrogens is 1. The monoisotopic (exact) mass is 293 g/mol. The van der Waals surface area contributed by atoms with E-state index in [-0.39, 0.29) is 5.38 Å². The van der Waals surface area contributed by atoms with Crippen LogP contribution in [0.15, 0.2) is 35.8 Å². The van der Waals surface area contributed by atoms with Crippen molar-refractivity contribution in [1.82, 2.24) is 4.98 Å². The Morgan fingerprint density at radius 1 is 1.28 bits per heavy atom. The topological polar surface area (TPSA) is 12.9 Å². The minimum absolute atomic E-state index is 0.0183. The van der Waals surface area contributed by atoms with Crippen molar-refractivity contribution in [3.05, 3.63) is 52.0 Å². The first-order chi connectivity index (χ1) is 8.72. The lowest BCUT2D eigenvalue weighted by Gasteiger charge is -2.06. The van der Waals surface area contributed by atoms with Crippen molar-refractivity contribution in [3.63, 3.8) is 0 Å². The van der Waals surface area contributed by atoms with Crippen LogP contribution in [0.1, 0.15) is 21.5 Å². The molecule has 0 saturated carbocycles. The quantitative estimate of drug-likeness (QED) is 0.606. The Kier molecular flexibility index (Phi) is 3.37. The molecular weight excluding hydrogens is 282 g/mol. The average Bonchev–Trinajstić information content (AvgIpc) is 2.92. The maximum atomic E-state index is 6.48. The molecular formula is C14H12ClNS2. The Bertz CT molecular complexity index is 625. The van der Waals surface area contributed by atoms with E-state index in [0.29, 0.717) is 0 Å².